The molecule has 3 rings (SSSR count). The molecule has 0 radical (unpaired) electrons. The topological polar surface area (TPSA) is 82.1 Å². The number of rotatable bonds is 4. The molecule has 1 heterocycles. The minimum atomic E-state index is -1.92. The average molecular weight is 354 g/mol. The van der Waals surface area contributed by atoms with Crippen LogP contribution < -0.4 is 0 Å². The number of aliphatic hydroxyl groups is 1. The summed E-state index contributed by atoms with van der Waals surface area (Å²) < 4.78 is 15.3. The average Bonchev–Trinajstić information content (AvgIpc) is 3.02. The third kappa shape index (κ3) is 2.74. The molecule has 6 nitrogen and oxygen atoms in total. The molecule has 0 fully saturated rings. The fourth-order valence-corrected chi connectivity index (χ4v) is 3.08. The first-order chi connectivity index (χ1) is 12.5. The molecule has 0 saturated carbocycles. The fraction of sp³-hybridized carbons (Fsp3) is 0.200. The molecule has 0 amide bonds. The molecule has 0 unspecified atom stereocenters. The second kappa shape index (κ2) is 7.01. The summed E-state index contributed by atoms with van der Waals surface area (Å²) in [6, 6.07) is 17.4. The Balaban J connectivity index is 2.27. The maximum absolute atomic E-state index is 12.5. The molecule has 0 saturated heterocycles. The van der Waals surface area contributed by atoms with Gasteiger partial charge in [-0.25, -0.2) is 9.59 Å². The normalized spacial score (nSPS) is 21.9. The zero-order valence-electron chi connectivity index (χ0n) is 14.3. The van der Waals surface area contributed by atoms with Gasteiger partial charge in [0.15, 0.2) is 11.7 Å². The van der Waals surface area contributed by atoms with Crippen LogP contribution in [0, 0.1) is 0 Å². The van der Waals surface area contributed by atoms with Crippen LogP contribution >= 0.6 is 0 Å². The predicted molar refractivity (Wildman–Crippen MR) is 91.7 cm³/mol. The van der Waals surface area contributed by atoms with Gasteiger partial charge in [0.25, 0.3) is 0 Å². The number of benzene rings is 2. The molecule has 1 aliphatic rings. The maximum Gasteiger partial charge on any atom is 0.374 e. The zero-order chi connectivity index (χ0) is 18.7. The van der Waals surface area contributed by atoms with Gasteiger partial charge in [-0.1, -0.05) is 60.7 Å². The van der Waals surface area contributed by atoms with Crippen molar-refractivity contribution < 1.29 is 28.9 Å². The van der Waals surface area contributed by atoms with Crippen molar-refractivity contribution in [3.8, 4) is 0 Å². The molecule has 0 spiro atoms. The highest BCUT2D eigenvalue weighted by atomic mass is 16.6. The van der Waals surface area contributed by atoms with Gasteiger partial charge in [0.2, 0.25) is 5.76 Å². The van der Waals surface area contributed by atoms with E-state index < -0.39 is 23.6 Å². The summed E-state index contributed by atoms with van der Waals surface area (Å²) in [7, 11) is 2.34. The van der Waals surface area contributed by atoms with Crippen molar-refractivity contribution in [3.05, 3.63) is 83.1 Å². The van der Waals surface area contributed by atoms with Gasteiger partial charge in [0, 0.05) is 0 Å². The van der Waals surface area contributed by atoms with Crippen molar-refractivity contribution in [1.82, 2.24) is 0 Å². The Labute approximate surface area is 150 Å². The van der Waals surface area contributed by atoms with Gasteiger partial charge in [0.1, 0.15) is 5.57 Å². The molecule has 134 valence electrons. The van der Waals surface area contributed by atoms with E-state index in [0.717, 1.165) is 0 Å². The fourth-order valence-electron chi connectivity index (χ4n) is 3.08. The summed E-state index contributed by atoms with van der Waals surface area (Å²) >= 11 is 0. The molecule has 0 aliphatic carbocycles. The molecule has 0 aromatic heterocycles. The number of hydrogen-bond acceptors (Lipinski definition) is 6. The Kier molecular flexibility index (Phi) is 4.77. The van der Waals surface area contributed by atoms with Crippen LogP contribution in [0.15, 0.2) is 72.0 Å². The summed E-state index contributed by atoms with van der Waals surface area (Å²) in [6.07, 6.45) is -1.02. The van der Waals surface area contributed by atoms with Gasteiger partial charge in [-0.2, -0.15) is 0 Å². The SMILES string of the molecule is COC(=O)C1=C(C(=O)OC)[C@](O)(c2ccccc2)[C@@H](c2ccccc2)O1. The van der Waals surface area contributed by atoms with E-state index in [1.54, 1.807) is 54.6 Å². The predicted octanol–water partition coefficient (Wildman–Crippen LogP) is 2.25. The first-order valence-corrected chi connectivity index (χ1v) is 7.95. The highest BCUT2D eigenvalue weighted by Crippen LogP contribution is 2.51. The quantitative estimate of drug-likeness (QED) is 0.848. The Morgan fingerprint density at radius 3 is 2.00 bits per heavy atom. The van der Waals surface area contributed by atoms with Crippen LogP contribution in [0.4, 0.5) is 0 Å². The van der Waals surface area contributed by atoms with E-state index in [-0.39, 0.29) is 11.3 Å². The van der Waals surface area contributed by atoms with E-state index in [4.69, 9.17) is 14.2 Å². The van der Waals surface area contributed by atoms with Crippen LogP contribution in [0.25, 0.3) is 0 Å². The van der Waals surface area contributed by atoms with E-state index in [1.165, 1.54) is 14.2 Å². The summed E-state index contributed by atoms with van der Waals surface area (Å²) in [5, 5.41) is 11.7. The lowest BCUT2D eigenvalue weighted by molar-refractivity contribution is -0.142. The molecule has 2 aromatic carbocycles. The number of hydrogen-bond donors (Lipinski definition) is 1. The van der Waals surface area contributed by atoms with Crippen molar-refractivity contribution in [2.75, 3.05) is 14.2 Å². The van der Waals surface area contributed by atoms with Crippen molar-refractivity contribution in [2.24, 2.45) is 0 Å². The summed E-state index contributed by atoms with van der Waals surface area (Å²) in [5.41, 5.74) is -1.21. The molecule has 2 aromatic rings. The highest BCUT2D eigenvalue weighted by molar-refractivity contribution is 6.01. The minimum absolute atomic E-state index is 0.285. The molecule has 6 heteroatoms. The van der Waals surface area contributed by atoms with Gasteiger partial charge in [0.05, 0.1) is 14.2 Å². The van der Waals surface area contributed by atoms with E-state index >= 15 is 0 Å². The Morgan fingerprint density at radius 1 is 0.923 bits per heavy atom. The van der Waals surface area contributed by atoms with Crippen LogP contribution in [0.3, 0.4) is 0 Å². The second-order valence-electron chi connectivity index (χ2n) is 5.73. The minimum Gasteiger partial charge on any atom is -0.474 e. The smallest absolute Gasteiger partial charge is 0.374 e. The second-order valence-corrected chi connectivity index (χ2v) is 5.73. The molecule has 26 heavy (non-hydrogen) atoms. The number of esters is 2. The first kappa shape index (κ1) is 17.7. The number of carbonyl (C=O) groups excluding carboxylic acids is 2. The first-order valence-electron chi connectivity index (χ1n) is 7.95. The van der Waals surface area contributed by atoms with Crippen LogP contribution in [0.1, 0.15) is 17.2 Å². The van der Waals surface area contributed by atoms with Gasteiger partial charge in [-0.15, -0.1) is 0 Å². The van der Waals surface area contributed by atoms with E-state index in [1.807, 2.05) is 6.07 Å². The number of carbonyl (C=O) groups is 2. The Morgan fingerprint density at radius 2 is 1.46 bits per heavy atom. The third-order valence-electron chi connectivity index (χ3n) is 4.30. The van der Waals surface area contributed by atoms with Gasteiger partial charge in [-0.3, -0.25) is 0 Å². The lowest BCUT2D eigenvalue weighted by Gasteiger charge is -2.30. The van der Waals surface area contributed by atoms with Gasteiger partial charge < -0.3 is 19.3 Å². The number of methoxy groups -OCH3 is 2. The van der Waals surface area contributed by atoms with Crippen LogP contribution in [0.5, 0.6) is 0 Å². The summed E-state index contributed by atoms with van der Waals surface area (Å²) in [5.74, 6) is -2.09. The molecule has 1 aliphatic heterocycles. The van der Waals surface area contributed by atoms with Crippen molar-refractivity contribution in [3.63, 3.8) is 0 Å². The summed E-state index contributed by atoms with van der Waals surface area (Å²) in [6.45, 7) is 0. The lowest BCUT2D eigenvalue weighted by Crippen LogP contribution is -2.36. The molecule has 0 bridgehead atoms. The van der Waals surface area contributed by atoms with Crippen LogP contribution in [-0.4, -0.2) is 31.3 Å². The van der Waals surface area contributed by atoms with E-state index in [2.05, 4.69) is 0 Å². The third-order valence-corrected chi connectivity index (χ3v) is 4.30. The van der Waals surface area contributed by atoms with Crippen molar-refractivity contribution >= 4 is 11.9 Å². The monoisotopic (exact) mass is 354 g/mol. The van der Waals surface area contributed by atoms with Crippen molar-refractivity contribution in [1.29, 1.82) is 0 Å². The van der Waals surface area contributed by atoms with Gasteiger partial charge in [-0.05, 0) is 11.1 Å². The van der Waals surface area contributed by atoms with Crippen molar-refractivity contribution in [2.45, 2.75) is 11.7 Å². The Bertz CT molecular complexity index is 843. The molecule has 1 N–H and O–H groups in total. The van der Waals surface area contributed by atoms with E-state index in [0.29, 0.717) is 11.1 Å². The standard InChI is InChI=1S/C20H18O6/c1-24-18(21)15-16(19(22)25-2)26-17(13-9-5-3-6-10-13)20(15,23)14-11-7-4-8-12-14/h3-12,17,23H,1-2H3/t17-,20-/m1/s1. The highest BCUT2D eigenvalue weighted by Gasteiger charge is 2.56. The summed E-state index contributed by atoms with van der Waals surface area (Å²) in [4.78, 5) is 24.7. The lowest BCUT2D eigenvalue weighted by atomic mass is 9.79. The van der Waals surface area contributed by atoms with Crippen LogP contribution in [0.2, 0.25) is 0 Å². The molecular formula is C20H18O6. The van der Waals surface area contributed by atoms with E-state index in [9.17, 15) is 14.7 Å². The Hall–Kier alpha value is -3.12. The molecule has 2 atom stereocenters. The van der Waals surface area contributed by atoms with Crippen LogP contribution in [-0.2, 0) is 29.4 Å². The molecular weight excluding hydrogens is 336 g/mol. The number of ether oxygens (including phenoxy) is 3. The zero-order valence-corrected chi connectivity index (χ0v) is 14.3. The maximum atomic E-state index is 12.5. The van der Waals surface area contributed by atoms with Gasteiger partial charge >= 0.3 is 11.9 Å². The largest absolute Gasteiger partial charge is 0.474 e.